The molecule has 0 amide bonds. The van der Waals surface area contributed by atoms with Crippen molar-refractivity contribution in [3.8, 4) is 0 Å². The van der Waals surface area contributed by atoms with Gasteiger partial charge in [0, 0.05) is 17.9 Å². The molecule has 2 nitrogen and oxygen atoms in total. The maximum Gasteiger partial charge on any atom is 0.147 e. The van der Waals surface area contributed by atoms with Crippen molar-refractivity contribution in [2.24, 2.45) is 0 Å². The lowest BCUT2D eigenvalue weighted by molar-refractivity contribution is 0.591. The average molecular weight is 279 g/mol. The SMILES string of the molecule is CS(=O)(=O)CCCC(CCl)c1ccc(F)cc1. The molecule has 5 heteroatoms. The predicted octanol–water partition coefficient (Wildman–Crippen LogP) is 2.97. The molecule has 0 aliphatic rings. The Kier molecular flexibility index (Phi) is 5.40. The van der Waals surface area contributed by atoms with Crippen LogP contribution in [0.25, 0.3) is 0 Å². The van der Waals surface area contributed by atoms with Crippen LogP contribution in [0.2, 0.25) is 0 Å². The van der Waals surface area contributed by atoms with E-state index in [4.69, 9.17) is 11.6 Å². The normalized spacial score (nSPS) is 13.6. The molecule has 96 valence electrons. The number of rotatable bonds is 6. The zero-order valence-corrected chi connectivity index (χ0v) is 11.3. The Balaban J connectivity index is 2.57. The number of sulfone groups is 1. The van der Waals surface area contributed by atoms with Gasteiger partial charge in [-0.25, -0.2) is 12.8 Å². The second kappa shape index (κ2) is 6.36. The van der Waals surface area contributed by atoms with E-state index in [0.717, 1.165) is 5.56 Å². The molecular weight excluding hydrogens is 263 g/mol. The molecule has 17 heavy (non-hydrogen) atoms. The van der Waals surface area contributed by atoms with E-state index in [9.17, 15) is 12.8 Å². The van der Waals surface area contributed by atoms with E-state index >= 15 is 0 Å². The highest BCUT2D eigenvalue weighted by Gasteiger charge is 2.12. The summed E-state index contributed by atoms with van der Waals surface area (Å²) in [7, 11) is -2.92. The minimum absolute atomic E-state index is 0.0824. The standard InChI is InChI=1S/C12H16ClFO2S/c1-17(15,16)8-2-3-11(9-13)10-4-6-12(14)7-5-10/h4-7,11H,2-3,8-9H2,1H3. The summed E-state index contributed by atoms with van der Waals surface area (Å²) in [6.07, 6.45) is 2.50. The minimum Gasteiger partial charge on any atom is -0.229 e. The van der Waals surface area contributed by atoms with Crippen LogP contribution in [0.3, 0.4) is 0 Å². The fourth-order valence-electron chi connectivity index (χ4n) is 1.66. The van der Waals surface area contributed by atoms with Gasteiger partial charge in [-0.05, 0) is 36.5 Å². The van der Waals surface area contributed by atoms with Crippen molar-refractivity contribution in [3.05, 3.63) is 35.6 Å². The summed E-state index contributed by atoms with van der Waals surface area (Å²) in [4.78, 5) is 0. The van der Waals surface area contributed by atoms with Crippen molar-refractivity contribution in [1.82, 2.24) is 0 Å². The molecule has 0 aromatic heterocycles. The molecule has 1 aromatic rings. The average Bonchev–Trinajstić information content (AvgIpc) is 2.24. The fourth-order valence-corrected chi connectivity index (χ4v) is 2.68. The highest BCUT2D eigenvalue weighted by molar-refractivity contribution is 7.90. The second-order valence-corrected chi connectivity index (χ2v) is 6.74. The molecule has 0 bridgehead atoms. The number of benzene rings is 1. The Morgan fingerprint density at radius 2 is 1.88 bits per heavy atom. The van der Waals surface area contributed by atoms with Crippen LogP contribution >= 0.6 is 11.6 Å². The highest BCUT2D eigenvalue weighted by Crippen LogP contribution is 2.23. The molecule has 0 N–H and O–H groups in total. The van der Waals surface area contributed by atoms with E-state index in [1.807, 2.05) is 0 Å². The van der Waals surface area contributed by atoms with Crippen molar-refractivity contribution in [2.75, 3.05) is 17.9 Å². The third-order valence-electron chi connectivity index (χ3n) is 2.60. The van der Waals surface area contributed by atoms with Crippen molar-refractivity contribution in [3.63, 3.8) is 0 Å². The Bertz CT molecular complexity index is 442. The van der Waals surface area contributed by atoms with E-state index in [0.29, 0.717) is 18.7 Å². The van der Waals surface area contributed by atoms with Gasteiger partial charge in [0.1, 0.15) is 15.7 Å². The van der Waals surface area contributed by atoms with Gasteiger partial charge >= 0.3 is 0 Å². The van der Waals surface area contributed by atoms with Crippen molar-refractivity contribution >= 4 is 21.4 Å². The Labute approximate surface area is 107 Å². The highest BCUT2D eigenvalue weighted by atomic mass is 35.5. The van der Waals surface area contributed by atoms with Gasteiger partial charge in [0.2, 0.25) is 0 Å². The molecular formula is C12H16ClFO2S. The Morgan fingerprint density at radius 1 is 1.29 bits per heavy atom. The van der Waals surface area contributed by atoms with Crippen LogP contribution in [0, 0.1) is 5.82 Å². The third-order valence-corrected chi connectivity index (χ3v) is 4.00. The van der Waals surface area contributed by atoms with Gasteiger partial charge in [0.05, 0.1) is 0 Å². The smallest absolute Gasteiger partial charge is 0.147 e. The Morgan fingerprint density at radius 3 is 2.35 bits per heavy atom. The summed E-state index contributed by atoms with van der Waals surface area (Å²) in [5.41, 5.74) is 0.954. The van der Waals surface area contributed by atoms with E-state index in [2.05, 4.69) is 0 Å². The van der Waals surface area contributed by atoms with Gasteiger partial charge in [-0.1, -0.05) is 12.1 Å². The fraction of sp³-hybridized carbons (Fsp3) is 0.500. The maximum atomic E-state index is 12.8. The van der Waals surface area contributed by atoms with Crippen LogP contribution in [0.1, 0.15) is 24.3 Å². The van der Waals surface area contributed by atoms with Gasteiger partial charge < -0.3 is 0 Å². The first-order chi connectivity index (χ1) is 7.92. The summed E-state index contributed by atoms with van der Waals surface area (Å²) in [6, 6.07) is 6.18. The van der Waals surface area contributed by atoms with Gasteiger partial charge in [-0.2, -0.15) is 0 Å². The lowest BCUT2D eigenvalue weighted by Gasteiger charge is -2.13. The van der Waals surface area contributed by atoms with Crippen LogP contribution in [-0.2, 0) is 9.84 Å². The molecule has 1 unspecified atom stereocenters. The van der Waals surface area contributed by atoms with Gasteiger partial charge in [-0.15, -0.1) is 11.6 Å². The molecule has 0 spiro atoms. The predicted molar refractivity (Wildman–Crippen MR) is 68.8 cm³/mol. The summed E-state index contributed by atoms with van der Waals surface area (Å²) in [6.45, 7) is 0. The summed E-state index contributed by atoms with van der Waals surface area (Å²) < 4.78 is 34.7. The van der Waals surface area contributed by atoms with Crippen LogP contribution in [-0.4, -0.2) is 26.3 Å². The molecule has 0 saturated carbocycles. The lowest BCUT2D eigenvalue weighted by Crippen LogP contribution is -2.07. The molecule has 0 saturated heterocycles. The van der Waals surface area contributed by atoms with E-state index < -0.39 is 9.84 Å². The lowest BCUT2D eigenvalue weighted by atomic mass is 9.96. The quantitative estimate of drug-likeness (QED) is 0.750. The van der Waals surface area contributed by atoms with Crippen molar-refractivity contribution in [2.45, 2.75) is 18.8 Å². The molecule has 0 fully saturated rings. The number of hydrogen-bond acceptors (Lipinski definition) is 2. The molecule has 1 atom stereocenters. The van der Waals surface area contributed by atoms with E-state index in [1.165, 1.54) is 18.4 Å². The third kappa shape index (κ3) is 5.50. The van der Waals surface area contributed by atoms with Gasteiger partial charge in [-0.3, -0.25) is 0 Å². The second-order valence-electron chi connectivity index (χ2n) is 4.17. The summed E-state index contributed by atoms with van der Waals surface area (Å²) in [5, 5.41) is 0. The number of halogens is 2. The van der Waals surface area contributed by atoms with Crippen LogP contribution in [0.15, 0.2) is 24.3 Å². The number of hydrogen-bond donors (Lipinski definition) is 0. The minimum atomic E-state index is -2.92. The largest absolute Gasteiger partial charge is 0.229 e. The first kappa shape index (κ1) is 14.5. The molecule has 0 heterocycles. The van der Waals surface area contributed by atoms with Crippen LogP contribution in [0.5, 0.6) is 0 Å². The first-order valence-corrected chi connectivity index (χ1v) is 8.01. The topological polar surface area (TPSA) is 34.1 Å². The molecule has 0 aliphatic carbocycles. The molecule has 1 rings (SSSR count). The zero-order chi connectivity index (χ0) is 12.9. The monoisotopic (exact) mass is 278 g/mol. The molecule has 0 aliphatic heterocycles. The van der Waals surface area contributed by atoms with Gasteiger partial charge in [0.25, 0.3) is 0 Å². The molecule has 0 radical (unpaired) electrons. The zero-order valence-electron chi connectivity index (χ0n) is 9.70. The van der Waals surface area contributed by atoms with E-state index in [-0.39, 0.29) is 17.5 Å². The Hall–Kier alpha value is -0.610. The molecule has 1 aromatic carbocycles. The van der Waals surface area contributed by atoms with Crippen molar-refractivity contribution in [1.29, 1.82) is 0 Å². The number of alkyl halides is 1. The summed E-state index contributed by atoms with van der Waals surface area (Å²) >= 11 is 5.85. The van der Waals surface area contributed by atoms with Crippen molar-refractivity contribution < 1.29 is 12.8 Å². The van der Waals surface area contributed by atoms with Crippen LogP contribution in [0.4, 0.5) is 4.39 Å². The van der Waals surface area contributed by atoms with Crippen LogP contribution < -0.4 is 0 Å². The maximum absolute atomic E-state index is 12.8. The van der Waals surface area contributed by atoms with E-state index in [1.54, 1.807) is 12.1 Å². The van der Waals surface area contributed by atoms with Gasteiger partial charge in [0.15, 0.2) is 0 Å². The first-order valence-electron chi connectivity index (χ1n) is 5.41. The summed E-state index contributed by atoms with van der Waals surface area (Å²) in [5.74, 6) is 0.383.